The lowest BCUT2D eigenvalue weighted by Gasteiger charge is -2.19. The zero-order valence-corrected chi connectivity index (χ0v) is 44.6. The number of carbonyl (C=O) groups is 2. The number of amides is 2. The second-order valence-corrected chi connectivity index (χ2v) is 19.3. The summed E-state index contributed by atoms with van der Waals surface area (Å²) in [6, 6.07) is 31.1. The average molecular weight is 1120 g/mol. The third-order valence-corrected chi connectivity index (χ3v) is 10.6. The molecule has 0 fully saturated rings. The molecule has 0 saturated heterocycles. The topological polar surface area (TPSA) is 272 Å². The largest absolute Gasteiger partial charge is 0.490 e. The van der Waals surface area contributed by atoms with E-state index >= 15 is 0 Å². The Morgan fingerprint density at radius 3 is 1.33 bits per heavy atom. The molecule has 3 aromatic carbocycles. The Morgan fingerprint density at radius 1 is 0.566 bits per heavy atom. The number of pyridine rings is 3. The van der Waals surface area contributed by atoms with Crippen molar-refractivity contribution in [1.82, 2.24) is 25.6 Å². The van der Waals surface area contributed by atoms with E-state index in [1.54, 1.807) is 121 Å². The lowest BCUT2D eigenvalue weighted by molar-refractivity contribution is 0.0509. The maximum atomic E-state index is 12.4. The third kappa shape index (κ3) is 17.8. The van der Waals surface area contributed by atoms with Gasteiger partial charge in [0.05, 0.1) is 35.8 Å². The Bertz CT molecular complexity index is 3570. The molecule has 76 heavy (non-hydrogen) atoms. The van der Waals surface area contributed by atoms with Crippen LogP contribution in [-0.2, 0) is 29.1 Å². The number of hydrogen-bond donors (Lipinski definition) is 5. The van der Waals surface area contributed by atoms with Crippen LogP contribution in [0.3, 0.4) is 0 Å². The normalized spacial score (nSPS) is 10.8. The minimum absolute atomic E-state index is 0. The van der Waals surface area contributed by atoms with Gasteiger partial charge in [-0.05, 0) is 113 Å². The number of halogens is 2. The molecule has 6 aromatic heterocycles. The van der Waals surface area contributed by atoms with Crippen molar-refractivity contribution in [2.24, 2.45) is 5.73 Å². The van der Waals surface area contributed by atoms with E-state index in [4.69, 9.17) is 38.5 Å². The van der Waals surface area contributed by atoms with Gasteiger partial charge in [0.15, 0.2) is 16.3 Å². The van der Waals surface area contributed by atoms with Crippen molar-refractivity contribution >= 4 is 86.0 Å². The van der Waals surface area contributed by atoms with Gasteiger partial charge in [-0.1, -0.05) is 46.3 Å². The molecule has 0 bridgehead atoms. The molecule has 18 nitrogen and oxygen atoms in total. The Labute approximate surface area is 451 Å². The molecule has 2 amide bonds. The van der Waals surface area contributed by atoms with Crippen LogP contribution in [0.5, 0.6) is 0 Å². The standard InChI is InChI=1S/C20H20N2O4.C15H16BrNO4.C15H12N2O2.C5H6BNO2.ClH/c1-20(2,3)26-19(24)22-12-15-10-17(23)16-9-13(6-7-18(16)25-15)14-5-4-8-21-11-14;1-15(2,3)21-14(19)17-8-10-7-12(18)11-6-9(16)4-5-13(11)20-10;16-8-12-7-14(18)13-6-10(3-4-15(13)19-12)11-2-1-5-17-9-11;8-6(9)5-2-1-3-7-4-5;/h4-11H,12H2,1-3H3,(H,22,24);4-7H,8H2,1-3H3,(H,17,19);1-7,9H,8,16H2;1-4,8-9H;1H. The van der Waals surface area contributed by atoms with Crippen molar-refractivity contribution in [3.05, 3.63) is 199 Å². The molecule has 9 rings (SSSR count). The summed E-state index contributed by atoms with van der Waals surface area (Å²) in [5, 5.41) is 23.7. The maximum Gasteiger partial charge on any atom is 0.490 e. The van der Waals surface area contributed by atoms with Gasteiger partial charge in [-0.15, -0.1) is 12.4 Å². The highest BCUT2D eigenvalue weighted by Gasteiger charge is 2.18. The van der Waals surface area contributed by atoms with Gasteiger partial charge in [0, 0.05) is 76.4 Å². The van der Waals surface area contributed by atoms with Crippen LogP contribution in [0.2, 0.25) is 0 Å². The van der Waals surface area contributed by atoms with Gasteiger partial charge in [0.1, 0.15) is 45.2 Å². The minimum atomic E-state index is -1.40. The first-order valence-electron chi connectivity index (χ1n) is 23.2. The first-order valence-corrected chi connectivity index (χ1v) is 24.0. The predicted molar refractivity (Wildman–Crippen MR) is 297 cm³/mol. The van der Waals surface area contributed by atoms with Gasteiger partial charge in [0.2, 0.25) is 0 Å². The number of nitrogens with two attached hydrogens (primary N) is 1. The van der Waals surface area contributed by atoms with E-state index in [1.807, 2.05) is 42.5 Å². The zero-order valence-electron chi connectivity index (χ0n) is 42.2. The van der Waals surface area contributed by atoms with E-state index in [1.165, 1.54) is 24.4 Å². The summed E-state index contributed by atoms with van der Waals surface area (Å²) in [6.07, 6.45) is 8.78. The van der Waals surface area contributed by atoms with Gasteiger partial charge in [-0.2, -0.15) is 0 Å². The number of ether oxygens (including phenoxy) is 2. The molecule has 394 valence electrons. The third-order valence-electron chi connectivity index (χ3n) is 10.1. The van der Waals surface area contributed by atoms with Gasteiger partial charge >= 0.3 is 19.3 Å². The Hall–Kier alpha value is -8.01. The van der Waals surface area contributed by atoms with Crippen molar-refractivity contribution in [2.45, 2.75) is 72.4 Å². The average Bonchev–Trinajstić information content (AvgIpc) is 3.38. The lowest BCUT2D eigenvalue weighted by atomic mass is 9.82. The van der Waals surface area contributed by atoms with Crippen molar-refractivity contribution in [3.63, 3.8) is 0 Å². The van der Waals surface area contributed by atoms with Crippen molar-refractivity contribution in [2.75, 3.05) is 0 Å². The van der Waals surface area contributed by atoms with Crippen molar-refractivity contribution < 1.29 is 42.4 Å². The van der Waals surface area contributed by atoms with Gasteiger partial charge in [0.25, 0.3) is 0 Å². The van der Waals surface area contributed by atoms with E-state index in [0.29, 0.717) is 55.7 Å². The molecule has 9 aromatic rings. The first-order chi connectivity index (χ1) is 35.6. The molecule has 0 radical (unpaired) electrons. The molecule has 6 heterocycles. The minimum Gasteiger partial charge on any atom is -0.459 e. The number of hydrogen-bond acceptors (Lipinski definition) is 16. The van der Waals surface area contributed by atoms with Gasteiger partial charge < -0.3 is 49.1 Å². The number of fused-ring (bicyclic) bond motifs is 3. The Balaban J connectivity index is 0.000000195. The van der Waals surface area contributed by atoms with Crippen LogP contribution >= 0.6 is 28.3 Å². The van der Waals surface area contributed by atoms with Crippen molar-refractivity contribution in [3.8, 4) is 22.3 Å². The van der Waals surface area contributed by atoms with Gasteiger partial charge in [-0.25, -0.2) is 9.59 Å². The summed E-state index contributed by atoms with van der Waals surface area (Å²) in [5.41, 5.74) is 9.56. The molecular formula is C55H55BBrClN6O12. The molecule has 0 atom stereocenters. The molecule has 0 aliphatic heterocycles. The molecular weight excluding hydrogens is 1060 g/mol. The summed E-state index contributed by atoms with van der Waals surface area (Å²) in [7, 11) is -1.40. The molecule has 21 heteroatoms. The zero-order chi connectivity index (χ0) is 54.3. The van der Waals surface area contributed by atoms with Crippen LogP contribution in [0, 0.1) is 0 Å². The molecule has 0 saturated carbocycles. The highest BCUT2D eigenvalue weighted by Crippen LogP contribution is 2.25. The summed E-state index contributed by atoms with van der Waals surface area (Å²) >= 11 is 3.31. The molecule has 0 spiro atoms. The van der Waals surface area contributed by atoms with E-state index in [9.17, 15) is 24.0 Å². The van der Waals surface area contributed by atoms with E-state index in [-0.39, 0.29) is 48.3 Å². The summed E-state index contributed by atoms with van der Waals surface area (Å²) in [4.78, 5) is 71.6. The number of carbonyl (C=O) groups excluding carboxylic acids is 2. The number of aromatic nitrogens is 3. The smallest absolute Gasteiger partial charge is 0.459 e. The number of rotatable bonds is 8. The Kier molecular flexibility index (Phi) is 20.9. The van der Waals surface area contributed by atoms with E-state index in [2.05, 4.69) is 41.5 Å². The monoisotopic (exact) mass is 1120 g/mol. The van der Waals surface area contributed by atoms with E-state index < -0.39 is 30.5 Å². The Morgan fingerprint density at radius 2 is 0.961 bits per heavy atom. The van der Waals surface area contributed by atoms with Crippen LogP contribution < -0.4 is 38.1 Å². The summed E-state index contributed by atoms with van der Waals surface area (Å²) in [5.74, 6) is 1.23. The second kappa shape index (κ2) is 27.0. The fourth-order valence-corrected chi connectivity index (χ4v) is 7.13. The molecule has 0 unspecified atom stereocenters. The van der Waals surface area contributed by atoms with Gasteiger partial charge in [-0.3, -0.25) is 29.3 Å². The number of nitrogens with zero attached hydrogens (tertiary/aromatic N) is 3. The fraction of sp³-hybridized carbons (Fsp3) is 0.200. The van der Waals surface area contributed by atoms with Crippen LogP contribution in [-0.4, -0.2) is 55.5 Å². The van der Waals surface area contributed by atoms with Crippen molar-refractivity contribution in [1.29, 1.82) is 0 Å². The van der Waals surface area contributed by atoms with E-state index in [0.717, 1.165) is 26.7 Å². The second-order valence-electron chi connectivity index (χ2n) is 18.4. The number of benzene rings is 3. The summed E-state index contributed by atoms with van der Waals surface area (Å²) < 4.78 is 27.9. The predicted octanol–water partition coefficient (Wildman–Crippen LogP) is 8.96. The summed E-state index contributed by atoms with van der Waals surface area (Å²) in [6.45, 7) is 11.1. The van der Waals surface area contributed by atoms with Crippen LogP contribution in [0.15, 0.2) is 178 Å². The number of alkyl carbamates (subject to hydrolysis) is 2. The van der Waals surface area contributed by atoms with Crippen LogP contribution in [0.25, 0.3) is 55.2 Å². The lowest BCUT2D eigenvalue weighted by Crippen LogP contribution is -2.32. The number of nitrogens with one attached hydrogen (secondary N) is 2. The molecule has 0 aliphatic rings. The SMILES string of the molecule is CC(C)(C)OC(=O)NCc1cc(=O)c2cc(-c3cccnc3)ccc2o1.CC(C)(C)OC(=O)NCc1cc(=O)c2cc(Br)ccc2o1.Cl.NCc1cc(=O)c2cc(-c3cccnc3)ccc2o1.OB(O)c1cccnc1. The molecule has 6 N–H and O–H groups in total. The van der Waals surface area contributed by atoms with Crippen LogP contribution in [0.4, 0.5) is 9.59 Å². The quantitative estimate of drug-likeness (QED) is 0.0888. The first kappa shape index (κ1) is 58.9. The van der Waals surface area contributed by atoms with Crippen LogP contribution in [0.1, 0.15) is 58.8 Å². The molecule has 0 aliphatic carbocycles. The maximum absolute atomic E-state index is 12.4. The highest BCUT2D eigenvalue weighted by atomic mass is 79.9. The fourth-order valence-electron chi connectivity index (χ4n) is 6.77. The highest BCUT2D eigenvalue weighted by molar-refractivity contribution is 9.10.